The Kier molecular flexibility index (Phi) is 18.9. The summed E-state index contributed by atoms with van der Waals surface area (Å²) in [5, 5.41) is 4.88. The second-order valence-electron chi connectivity index (χ2n) is 32.2. The molecule has 0 spiro atoms. The number of rotatable bonds is 25. The Morgan fingerprint density at radius 1 is 0.324 bits per heavy atom. The monoisotopic (exact) mass is 1400 g/mol. The van der Waals surface area contributed by atoms with Gasteiger partial charge in [-0.2, -0.15) is 0 Å². The smallest absolute Gasteiger partial charge is 0.0714 e. The number of fused-ring (bicyclic) bond motifs is 11. The molecule has 14 aromatic carbocycles. The molecule has 0 radical (unpaired) electrons. The molecule has 2 unspecified atom stereocenters. The first-order valence-electron chi connectivity index (χ1n) is 40.3. The fourth-order valence-electron chi connectivity index (χ4n) is 19.6. The summed E-state index contributed by atoms with van der Waals surface area (Å²) in [7, 11) is 0. The average Bonchev–Trinajstić information content (AvgIpc) is 1.52. The molecular weight excluding hydrogens is 1300 g/mol. The van der Waals surface area contributed by atoms with E-state index in [0.29, 0.717) is 11.8 Å². The first kappa shape index (κ1) is 70.0. The Bertz CT molecular complexity index is 5630. The summed E-state index contributed by atoms with van der Waals surface area (Å²) < 4.78 is 0. The van der Waals surface area contributed by atoms with Crippen molar-refractivity contribution < 1.29 is 0 Å². The molecule has 2 nitrogen and oxygen atoms in total. The number of aryl methyl sites for hydroxylation is 1. The van der Waals surface area contributed by atoms with Gasteiger partial charge in [0.1, 0.15) is 0 Å². The molecule has 0 heterocycles. The molecule has 3 aliphatic carbocycles. The van der Waals surface area contributed by atoms with E-state index >= 15 is 0 Å². The van der Waals surface area contributed by atoms with E-state index in [2.05, 4.69) is 368 Å². The van der Waals surface area contributed by atoms with Gasteiger partial charge in [-0.25, -0.2) is 0 Å². The largest absolute Gasteiger partial charge is 0.310 e. The summed E-state index contributed by atoms with van der Waals surface area (Å²) in [6.07, 6.45) is 15.6. The van der Waals surface area contributed by atoms with Crippen LogP contribution in [-0.4, -0.2) is 0 Å². The van der Waals surface area contributed by atoms with Gasteiger partial charge in [-0.15, -0.1) is 0 Å². The molecule has 0 saturated heterocycles. The van der Waals surface area contributed by atoms with Crippen LogP contribution in [0, 0.1) is 18.8 Å². The van der Waals surface area contributed by atoms with Crippen LogP contribution in [0.2, 0.25) is 0 Å². The van der Waals surface area contributed by atoms with Gasteiger partial charge in [0.15, 0.2) is 0 Å². The maximum absolute atomic E-state index is 4.21. The summed E-state index contributed by atoms with van der Waals surface area (Å²) in [5.41, 5.74) is 31.6. The number of hydrogen-bond donors (Lipinski definition) is 0. The molecule has 2 atom stereocenters. The van der Waals surface area contributed by atoms with E-state index in [0.717, 1.165) is 61.2 Å². The first-order chi connectivity index (χ1) is 52.9. The van der Waals surface area contributed by atoms with Gasteiger partial charge in [0.05, 0.1) is 22.2 Å². The lowest BCUT2D eigenvalue weighted by Crippen LogP contribution is -2.29. The fourth-order valence-corrected chi connectivity index (χ4v) is 19.6. The maximum atomic E-state index is 4.21. The van der Waals surface area contributed by atoms with Gasteiger partial charge >= 0.3 is 0 Å². The summed E-state index contributed by atoms with van der Waals surface area (Å²) in [6, 6.07) is 119. The Labute approximate surface area is 642 Å². The van der Waals surface area contributed by atoms with Gasteiger partial charge in [-0.3, -0.25) is 0 Å². The van der Waals surface area contributed by atoms with Gasteiger partial charge in [0, 0.05) is 38.9 Å². The Morgan fingerprint density at radius 2 is 0.667 bits per heavy atom. The van der Waals surface area contributed by atoms with Crippen LogP contribution < -0.4 is 9.80 Å². The van der Waals surface area contributed by atoms with Crippen molar-refractivity contribution in [2.45, 2.75) is 142 Å². The van der Waals surface area contributed by atoms with E-state index in [4.69, 9.17) is 0 Å². The molecule has 0 fully saturated rings. The predicted molar refractivity (Wildman–Crippen MR) is 461 cm³/mol. The Morgan fingerprint density at radius 3 is 1.06 bits per heavy atom. The lowest BCUT2D eigenvalue weighted by atomic mass is 9.67. The van der Waals surface area contributed by atoms with E-state index in [1.807, 2.05) is 6.08 Å². The van der Waals surface area contributed by atoms with E-state index in [1.165, 1.54) is 183 Å². The number of unbranched alkanes of at least 4 members (excludes halogenated alkanes) is 6. The Balaban J connectivity index is 0.882. The standard InChI is InChI=1S/C106H100N2/c1-9-12-14-24-64-104(65-25-15-13-10-2)98-68-84(107(102-38-26-30-78-28-16-18-32-88(78)102)86-58-62-94-90-34-20-22-36-96(90)105(100(94)70-86,80-48-40-74(8)41-49-80)82-52-44-76(45-53-82)66-72(4)5)56-60-92(98)93-61-57-85(69-99(93)104)108(103-39-27-31-79-29-17-19-33-89(79)103)87-59-63-95-91-35-21-23-37-97(91)106(101(95)71-87,81-50-42-75(11-3)43-51-81)83-54-46-77(47-55-83)67-73(6)7/h11,16-23,26-63,68-73H,3,9-10,12-15,24-25,64-67H2,1-2,4-8H3. The molecule has 534 valence electrons. The molecule has 0 saturated carbocycles. The van der Waals surface area contributed by atoms with E-state index in [1.54, 1.807) is 0 Å². The van der Waals surface area contributed by atoms with E-state index < -0.39 is 10.8 Å². The highest BCUT2D eigenvalue weighted by molar-refractivity contribution is 6.03. The summed E-state index contributed by atoms with van der Waals surface area (Å²) >= 11 is 0. The quantitative estimate of drug-likeness (QED) is 0.0526. The SMILES string of the molecule is C=Cc1ccc(C2(c3ccc(CC(C)C)cc3)c3ccccc3-c3ccc(N(c4ccc5c(c4)C(CCCCCC)(CCCCCC)c4cc(N(c6ccc7c(c6)C(c6ccc(C)cc6)(c6ccc(CC(C)C)cc6)c6ccccc6-7)c6cccc7ccccc67)ccc4-5)c4cccc5ccccc45)cc32)cc1. The van der Waals surface area contributed by atoms with Crippen LogP contribution in [0.1, 0.15) is 184 Å². The highest BCUT2D eigenvalue weighted by Gasteiger charge is 2.49. The van der Waals surface area contributed by atoms with Crippen molar-refractivity contribution >= 4 is 61.7 Å². The molecule has 14 aromatic rings. The summed E-state index contributed by atoms with van der Waals surface area (Å²) in [4.78, 5) is 5.26. The average molecular weight is 1400 g/mol. The number of benzene rings is 14. The van der Waals surface area contributed by atoms with Crippen molar-refractivity contribution in [3.63, 3.8) is 0 Å². The third-order valence-corrected chi connectivity index (χ3v) is 24.5. The zero-order valence-electron chi connectivity index (χ0n) is 64.2. The minimum Gasteiger partial charge on any atom is -0.310 e. The molecule has 108 heavy (non-hydrogen) atoms. The van der Waals surface area contributed by atoms with Crippen molar-refractivity contribution in [3.8, 4) is 33.4 Å². The minimum atomic E-state index is -0.625. The van der Waals surface area contributed by atoms with Gasteiger partial charge in [-0.05, 0) is 222 Å². The number of hydrogen-bond acceptors (Lipinski definition) is 2. The van der Waals surface area contributed by atoms with E-state index in [-0.39, 0.29) is 5.41 Å². The zero-order chi connectivity index (χ0) is 73.7. The van der Waals surface area contributed by atoms with Crippen LogP contribution in [0.5, 0.6) is 0 Å². The van der Waals surface area contributed by atoms with Crippen molar-refractivity contribution in [1.29, 1.82) is 0 Å². The fraction of sp³-hybridized carbons (Fsp3) is 0.226. The van der Waals surface area contributed by atoms with Gasteiger partial charge < -0.3 is 9.80 Å². The lowest BCUT2D eigenvalue weighted by Gasteiger charge is -2.36. The minimum absolute atomic E-state index is 0.303. The zero-order valence-corrected chi connectivity index (χ0v) is 64.2. The highest BCUT2D eigenvalue weighted by atomic mass is 15.2. The summed E-state index contributed by atoms with van der Waals surface area (Å²) in [6.45, 7) is 20.4. The van der Waals surface area contributed by atoms with Crippen molar-refractivity contribution in [2.75, 3.05) is 9.80 Å². The molecule has 0 bridgehead atoms. The topological polar surface area (TPSA) is 6.48 Å². The molecule has 17 rings (SSSR count). The molecule has 0 aromatic heterocycles. The number of nitrogens with zero attached hydrogens (tertiary/aromatic N) is 2. The first-order valence-corrected chi connectivity index (χ1v) is 40.3. The van der Waals surface area contributed by atoms with Crippen LogP contribution in [0.15, 0.2) is 310 Å². The lowest BCUT2D eigenvalue weighted by molar-refractivity contribution is 0.401. The maximum Gasteiger partial charge on any atom is 0.0714 e. The molecular formula is C106H100N2. The van der Waals surface area contributed by atoms with Crippen molar-refractivity contribution in [2.24, 2.45) is 11.8 Å². The molecule has 2 heteroatoms. The molecule has 0 N–H and O–H groups in total. The van der Waals surface area contributed by atoms with Crippen LogP contribution in [0.4, 0.5) is 34.1 Å². The third-order valence-electron chi connectivity index (χ3n) is 24.5. The van der Waals surface area contributed by atoms with Crippen LogP contribution in [0.25, 0.3) is 61.0 Å². The van der Waals surface area contributed by atoms with Crippen LogP contribution in [-0.2, 0) is 29.1 Å². The molecule has 0 aliphatic heterocycles. The second kappa shape index (κ2) is 29.3. The normalized spacial score (nSPS) is 15.6. The van der Waals surface area contributed by atoms with Crippen molar-refractivity contribution in [1.82, 2.24) is 0 Å². The number of anilines is 6. The molecule has 0 amide bonds. The highest BCUT2D eigenvalue weighted by Crippen LogP contribution is 2.62. The Hall–Kier alpha value is -11.1. The second-order valence-corrected chi connectivity index (χ2v) is 32.2. The van der Waals surface area contributed by atoms with Gasteiger partial charge in [0.2, 0.25) is 0 Å². The van der Waals surface area contributed by atoms with Gasteiger partial charge in [-0.1, -0.05) is 354 Å². The van der Waals surface area contributed by atoms with E-state index in [9.17, 15) is 0 Å². The predicted octanol–water partition coefficient (Wildman–Crippen LogP) is 29.2. The van der Waals surface area contributed by atoms with Gasteiger partial charge in [0.25, 0.3) is 0 Å². The summed E-state index contributed by atoms with van der Waals surface area (Å²) in [5.74, 6) is 1.11. The third kappa shape index (κ3) is 11.9. The molecule has 3 aliphatic rings. The van der Waals surface area contributed by atoms with Crippen LogP contribution in [0.3, 0.4) is 0 Å². The van der Waals surface area contributed by atoms with Crippen molar-refractivity contribution in [3.05, 3.63) is 388 Å². The van der Waals surface area contributed by atoms with Crippen LogP contribution >= 0.6 is 0 Å².